The van der Waals surface area contributed by atoms with Crippen LogP contribution in [-0.4, -0.2) is 17.8 Å². The van der Waals surface area contributed by atoms with E-state index in [1.807, 2.05) is 18.2 Å². The molecule has 2 N–H and O–H groups in total. The molecule has 0 aromatic heterocycles. The molecule has 0 saturated carbocycles. The zero-order valence-electron chi connectivity index (χ0n) is 11.0. The van der Waals surface area contributed by atoms with Crippen LogP contribution in [0.15, 0.2) is 54.6 Å². The van der Waals surface area contributed by atoms with E-state index in [-0.39, 0.29) is 18.5 Å². The molecule has 0 bridgehead atoms. The van der Waals surface area contributed by atoms with E-state index in [0.29, 0.717) is 6.54 Å². The maximum atomic E-state index is 9.16. The van der Waals surface area contributed by atoms with Gasteiger partial charge in [-0.05, 0) is 23.6 Å². The quantitative estimate of drug-likeness (QED) is 0.795. The van der Waals surface area contributed by atoms with E-state index in [4.69, 9.17) is 5.11 Å². The Hall–Kier alpha value is -1.35. The van der Waals surface area contributed by atoms with Crippen LogP contribution in [0.5, 0.6) is 0 Å². The van der Waals surface area contributed by atoms with Gasteiger partial charge in [-0.2, -0.15) is 0 Å². The second kappa shape index (κ2) is 7.95. The summed E-state index contributed by atoms with van der Waals surface area (Å²) in [6, 6.07) is 18.9. The summed E-state index contributed by atoms with van der Waals surface area (Å²) in [5, 5.41) is 12.4. The lowest BCUT2D eigenvalue weighted by molar-refractivity contribution is -0.00000586. The number of aliphatic hydroxyl groups is 1. The summed E-state index contributed by atoms with van der Waals surface area (Å²) < 4.78 is 0. The number of hydrogen-bond donors (Lipinski definition) is 2. The van der Waals surface area contributed by atoms with Crippen LogP contribution < -0.4 is 17.7 Å². The highest BCUT2D eigenvalue weighted by molar-refractivity contribution is 5.63. The summed E-state index contributed by atoms with van der Waals surface area (Å²) in [6.07, 6.45) is -0.298. The van der Waals surface area contributed by atoms with Gasteiger partial charge in [0, 0.05) is 13.1 Å². The largest absolute Gasteiger partial charge is 1.00 e. The minimum atomic E-state index is -0.298. The van der Waals surface area contributed by atoms with Crippen molar-refractivity contribution in [1.29, 1.82) is 0 Å². The predicted molar refractivity (Wildman–Crippen MR) is 75.3 cm³/mol. The average molecular weight is 277 g/mol. The Morgan fingerprint density at radius 1 is 0.947 bits per heavy atom. The number of rotatable bonds is 5. The lowest BCUT2D eigenvalue weighted by atomic mass is 10.0. The molecule has 1 unspecified atom stereocenters. The van der Waals surface area contributed by atoms with E-state index in [1.165, 1.54) is 16.7 Å². The lowest BCUT2D eigenvalue weighted by Gasteiger charge is -2.08. The molecule has 0 saturated heterocycles. The molecule has 0 aliphatic rings. The molecule has 0 amide bonds. The Labute approximate surface area is 120 Å². The van der Waals surface area contributed by atoms with Gasteiger partial charge in [0.15, 0.2) is 0 Å². The van der Waals surface area contributed by atoms with Gasteiger partial charge in [-0.3, -0.25) is 0 Å². The topological polar surface area (TPSA) is 32.3 Å². The minimum Gasteiger partial charge on any atom is -1.00 e. The van der Waals surface area contributed by atoms with Crippen molar-refractivity contribution in [3.8, 4) is 11.1 Å². The summed E-state index contributed by atoms with van der Waals surface area (Å²) in [5.74, 6) is 0. The standard InChI is InChI=1S/C16H19NO.ClH/c1-13(18)11-17-12-14-7-9-16(10-8-14)15-5-3-2-4-6-15;/h2-10,13,17-18H,11-12H2,1H3;1H/p-1. The summed E-state index contributed by atoms with van der Waals surface area (Å²) in [6.45, 7) is 3.20. The fraction of sp³-hybridized carbons (Fsp3) is 0.250. The Balaban J connectivity index is 0.00000180. The Morgan fingerprint density at radius 2 is 1.53 bits per heavy atom. The van der Waals surface area contributed by atoms with Gasteiger partial charge in [-0.25, -0.2) is 0 Å². The molecule has 2 nitrogen and oxygen atoms in total. The van der Waals surface area contributed by atoms with E-state index in [2.05, 4.69) is 41.7 Å². The maximum Gasteiger partial charge on any atom is 0.0636 e. The summed E-state index contributed by atoms with van der Waals surface area (Å²) >= 11 is 0. The molecule has 0 spiro atoms. The first kappa shape index (κ1) is 15.7. The van der Waals surface area contributed by atoms with Gasteiger partial charge < -0.3 is 22.8 Å². The zero-order chi connectivity index (χ0) is 12.8. The first-order chi connectivity index (χ1) is 8.75. The Morgan fingerprint density at radius 3 is 2.11 bits per heavy atom. The second-order valence-electron chi connectivity index (χ2n) is 4.54. The van der Waals surface area contributed by atoms with Crippen LogP contribution >= 0.6 is 0 Å². The number of nitrogens with one attached hydrogen (secondary N) is 1. The summed E-state index contributed by atoms with van der Waals surface area (Å²) in [4.78, 5) is 0. The molecule has 1 atom stereocenters. The Bertz CT molecular complexity index is 468. The maximum absolute atomic E-state index is 9.16. The smallest absolute Gasteiger partial charge is 0.0636 e. The third kappa shape index (κ3) is 5.03. The van der Waals surface area contributed by atoms with Gasteiger partial charge >= 0.3 is 0 Å². The lowest BCUT2D eigenvalue weighted by Crippen LogP contribution is -3.00. The molecule has 19 heavy (non-hydrogen) atoms. The number of aliphatic hydroxyl groups excluding tert-OH is 1. The van der Waals surface area contributed by atoms with E-state index in [1.54, 1.807) is 6.92 Å². The second-order valence-corrected chi connectivity index (χ2v) is 4.54. The third-order valence-corrected chi connectivity index (χ3v) is 2.83. The highest BCUT2D eigenvalue weighted by atomic mass is 35.5. The number of halogens is 1. The molecular formula is C16H19ClNO-. The van der Waals surface area contributed by atoms with Gasteiger partial charge in [0.05, 0.1) is 6.10 Å². The third-order valence-electron chi connectivity index (χ3n) is 2.83. The molecule has 0 fully saturated rings. The fourth-order valence-corrected chi connectivity index (χ4v) is 1.87. The van der Waals surface area contributed by atoms with Crippen molar-refractivity contribution in [2.24, 2.45) is 0 Å². The molecular weight excluding hydrogens is 258 g/mol. The van der Waals surface area contributed by atoms with Crippen LogP contribution in [-0.2, 0) is 6.54 Å². The summed E-state index contributed by atoms with van der Waals surface area (Å²) in [5.41, 5.74) is 3.70. The predicted octanol–water partition coefficient (Wildman–Crippen LogP) is -0.172. The van der Waals surface area contributed by atoms with Gasteiger partial charge in [0.2, 0.25) is 0 Å². The summed E-state index contributed by atoms with van der Waals surface area (Å²) in [7, 11) is 0. The molecule has 2 aromatic carbocycles. The molecule has 102 valence electrons. The minimum absolute atomic E-state index is 0. The fourth-order valence-electron chi connectivity index (χ4n) is 1.87. The van der Waals surface area contributed by atoms with Gasteiger partial charge in [-0.1, -0.05) is 54.6 Å². The monoisotopic (exact) mass is 276 g/mol. The van der Waals surface area contributed by atoms with Crippen molar-refractivity contribution in [3.05, 3.63) is 60.2 Å². The van der Waals surface area contributed by atoms with Gasteiger partial charge in [0.25, 0.3) is 0 Å². The highest BCUT2D eigenvalue weighted by Gasteiger charge is 1.98. The molecule has 2 rings (SSSR count). The van der Waals surface area contributed by atoms with Gasteiger partial charge in [0.1, 0.15) is 0 Å². The van der Waals surface area contributed by atoms with E-state index < -0.39 is 0 Å². The normalized spacial score (nSPS) is 11.7. The van der Waals surface area contributed by atoms with Crippen LogP contribution in [0.1, 0.15) is 12.5 Å². The molecule has 0 radical (unpaired) electrons. The SMILES string of the molecule is CC(O)CNCc1ccc(-c2ccccc2)cc1.[Cl-]. The van der Waals surface area contributed by atoms with Crippen molar-refractivity contribution in [2.75, 3.05) is 6.54 Å². The molecule has 0 aliphatic heterocycles. The van der Waals surface area contributed by atoms with E-state index >= 15 is 0 Å². The highest BCUT2D eigenvalue weighted by Crippen LogP contribution is 2.19. The van der Waals surface area contributed by atoms with Crippen molar-refractivity contribution in [1.82, 2.24) is 5.32 Å². The molecule has 2 aromatic rings. The van der Waals surface area contributed by atoms with Crippen LogP contribution in [0.3, 0.4) is 0 Å². The molecule has 0 aliphatic carbocycles. The molecule has 0 heterocycles. The first-order valence-electron chi connectivity index (χ1n) is 6.29. The van der Waals surface area contributed by atoms with Crippen molar-refractivity contribution < 1.29 is 17.5 Å². The average Bonchev–Trinajstić information content (AvgIpc) is 2.40. The number of benzene rings is 2. The molecule has 3 heteroatoms. The van der Waals surface area contributed by atoms with E-state index in [9.17, 15) is 0 Å². The van der Waals surface area contributed by atoms with E-state index in [0.717, 1.165) is 6.54 Å². The Kier molecular flexibility index (Phi) is 6.57. The van der Waals surface area contributed by atoms with Crippen molar-refractivity contribution in [3.63, 3.8) is 0 Å². The number of hydrogen-bond acceptors (Lipinski definition) is 2. The first-order valence-corrected chi connectivity index (χ1v) is 6.29. The van der Waals surface area contributed by atoms with Crippen molar-refractivity contribution >= 4 is 0 Å². The zero-order valence-corrected chi connectivity index (χ0v) is 11.8. The van der Waals surface area contributed by atoms with Crippen LogP contribution in [0, 0.1) is 0 Å². The van der Waals surface area contributed by atoms with Crippen LogP contribution in [0.2, 0.25) is 0 Å². The van der Waals surface area contributed by atoms with Crippen LogP contribution in [0.25, 0.3) is 11.1 Å². The van der Waals surface area contributed by atoms with Crippen LogP contribution in [0.4, 0.5) is 0 Å². The van der Waals surface area contributed by atoms with Crippen molar-refractivity contribution in [2.45, 2.75) is 19.6 Å². The van der Waals surface area contributed by atoms with Gasteiger partial charge in [-0.15, -0.1) is 0 Å².